The van der Waals surface area contributed by atoms with Crippen LogP contribution in [0, 0.1) is 11.6 Å². The first-order valence-corrected chi connectivity index (χ1v) is 4.76. The Morgan fingerprint density at radius 1 is 1.47 bits per heavy atom. The molecule has 1 aromatic rings. The fourth-order valence-corrected chi connectivity index (χ4v) is 1.43. The molecule has 0 aliphatic heterocycles. The van der Waals surface area contributed by atoms with E-state index in [1.807, 2.05) is 0 Å². The molecule has 0 amide bonds. The minimum absolute atomic E-state index is 0.108. The van der Waals surface area contributed by atoms with E-state index < -0.39 is 17.7 Å². The van der Waals surface area contributed by atoms with Crippen molar-refractivity contribution >= 4 is 0 Å². The van der Waals surface area contributed by atoms with Gasteiger partial charge in [-0.1, -0.05) is 17.7 Å². The second kappa shape index (κ2) is 5.03. The zero-order valence-electron chi connectivity index (χ0n) is 8.63. The van der Waals surface area contributed by atoms with E-state index in [-0.39, 0.29) is 12.0 Å². The lowest BCUT2D eigenvalue weighted by molar-refractivity contribution is 0.174. The van der Waals surface area contributed by atoms with E-state index in [0.717, 1.165) is 11.6 Å². The second-order valence-corrected chi connectivity index (χ2v) is 3.73. The molecule has 0 saturated carbocycles. The summed E-state index contributed by atoms with van der Waals surface area (Å²) < 4.78 is 26.0. The minimum Gasteiger partial charge on any atom is -0.392 e. The summed E-state index contributed by atoms with van der Waals surface area (Å²) in [5.41, 5.74) is 1.02. The molecule has 0 fully saturated rings. The Labute approximate surface area is 88.1 Å². The predicted octanol–water partition coefficient (Wildman–Crippen LogP) is 2.83. The van der Waals surface area contributed by atoms with Crippen molar-refractivity contribution in [3.05, 3.63) is 47.5 Å². The highest BCUT2D eigenvalue weighted by molar-refractivity contribution is 5.20. The molecule has 3 heteroatoms. The maximum absolute atomic E-state index is 13.2. The van der Waals surface area contributed by atoms with E-state index in [9.17, 15) is 13.9 Å². The SMILES string of the molecule is C=C(C)CC(O)Cc1cccc(F)c1F. The molecule has 1 atom stereocenters. The van der Waals surface area contributed by atoms with Crippen molar-refractivity contribution in [1.82, 2.24) is 0 Å². The van der Waals surface area contributed by atoms with Crippen molar-refractivity contribution in [3.8, 4) is 0 Å². The number of halogens is 2. The summed E-state index contributed by atoms with van der Waals surface area (Å²) in [6, 6.07) is 3.96. The maximum atomic E-state index is 13.2. The maximum Gasteiger partial charge on any atom is 0.162 e. The minimum atomic E-state index is -0.880. The van der Waals surface area contributed by atoms with Crippen molar-refractivity contribution in [1.29, 1.82) is 0 Å². The molecule has 1 rings (SSSR count). The first-order chi connectivity index (χ1) is 7.00. The molecule has 1 nitrogen and oxygen atoms in total. The molecule has 0 radical (unpaired) electrons. The predicted molar refractivity (Wildman–Crippen MR) is 55.5 cm³/mol. The highest BCUT2D eigenvalue weighted by atomic mass is 19.2. The molecule has 0 heterocycles. The van der Waals surface area contributed by atoms with Gasteiger partial charge in [-0.15, -0.1) is 6.58 Å². The monoisotopic (exact) mass is 212 g/mol. The Bertz CT molecular complexity index is 361. The highest BCUT2D eigenvalue weighted by Gasteiger charge is 2.12. The molecular formula is C12H14F2O. The van der Waals surface area contributed by atoms with Gasteiger partial charge in [0.2, 0.25) is 0 Å². The highest BCUT2D eigenvalue weighted by Crippen LogP contribution is 2.15. The van der Waals surface area contributed by atoms with Crippen LogP contribution in [0.1, 0.15) is 18.9 Å². The van der Waals surface area contributed by atoms with E-state index in [0.29, 0.717) is 6.42 Å². The summed E-state index contributed by atoms with van der Waals surface area (Å²) in [6.07, 6.45) is -0.203. The average Bonchev–Trinajstić information content (AvgIpc) is 2.11. The van der Waals surface area contributed by atoms with Gasteiger partial charge in [-0.2, -0.15) is 0 Å². The lowest BCUT2D eigenvalue weighted by Crippen LogP contribution is -2.12. The number of aliphatic hydroxyl groups is 1. The van der Waals surface area contributed by atoms with Crippen molar-refractivity contribution in [2.45, 2.75) is 25.9 Å². The smallest absolute Gasteiger partial charge is 0.162 e. The van der Waals surface area contributed by atoms with Gasteiger partial charge in [0.1, 0.15) is 0 Å². The normalized spacial score (nSPS) is 12.5. The molecule has 1 aromatic carbocycles. The van der Waals surface area contributed by atoms with Crippen LogP contribution >= 0.6 is 0 Å². The molecule has 15 heavy (non-hydrogen) atoms. The quantitative estimate of drug-likeness (QED) is 0.761. The van der Waals surface area contributed by atoms with Gasteiger partial charge in [0.25, 0.3) is 0 Å². The molecule has 0 aliphatic carbocycles. The topological polar surface area (TPSA) is 20.2 Å². The molecule has 0 saturated heterocycles. The van der Waals surface area contributed by atoms with Gasteiger partial charge in [0, 0.05) is 6.42 Å². The van der Waals surface area contributed by atoms with Crippen LogP contribution in [-0.4, -0.2) is 11.2 Å². The van der Waals surface area contributed by atoms with Crippen LogP contribution in [0.25, 0.3) is 0 Å². The summed E-state index contributed by atoms with van der Waals surface area (Å²) >= 11 is 0. The Balaban J connectivity index is 2.72. The lowest BCUT2D eigenvalue weighted by atomic mass is 10.0. The number of rotatable bonds is 4. The summed E-state index contributed by atoms with van der Waals surface area (Å²) in [6.45, 7) is 5.43. The number of aliphatic hydroxyl groups excluding tert-OH is 1. The van der Waals surface area contributed by atoms with Gasteiger partial charge >= 0.3 is 0 Å². The number of hydrogen-bond donors (Lipinski definition) is 1. The van der Waals surface area contributed by atoms with E-state index in [1.165, 1.54) is 12.1 Å². The third-order valence-corrected chi connectivity index (χ3v) is 2.07. The Morgan fingerprint density at radius 3 is 2.73 bits per heavy atom. The van der Waals surface area contributed by atoms with Crippen molar-refractivity contribution in [3.63, 3.8) is 0 Å². The van der Waals surface area contributed by atoms with Gasteiger partial charge in [-0.25, -0.2) is 8.78 Å². The van der Waals surface area contributed by atoms with Gasteiger partial charge in [0.15, 0.2) is 11.6 Å². The third-order valence-electron chi connectivity index (χ3n) is 2.07. The molecule has 0 bridgehead atoms. The second-order valence-electron chi connectivity index (χ2n) is 3.73. The van der Waals surface area contributed by atoms with Crippen LogP contribution in [0.15, 0.2) is 30.4 Å². The van der Waals surface area contributed by atoms with Gasteiger partial charge in [0.05, 0.1) is 6.10 Å². The Morgan fingerprint density at radius 2 is 2.13 bits per heavy atom. The van der Waals surface area contributed by atoms with Crippen molar-refractivity contribution < 1.29 is 13.9 Å². The largest absolute Gasteiger partial charge is 0.392 e. The molecule has 0 aliphatic rings. The fourth-order valence-electron chi connectivity index (χ4n) is 1.43. The Kier molecular flexibility index (Phi) is 3.97. The van der Waals surface area contributed by atoms with Crippen molar-refractivity contribution in [2.75, 3.05) is 0 Å². The summed E-state index contributed by atoms with van der Waals surface area (Å²) in [4.78, 5) is 0. The van der Waals surface area contributed by atoms with Gasteiger partial charge in [-0.3, -0.25) is 0 Å². The van der Waals surface area contributed by atoms with E-state index in [1.54, 1.807) is 6.92 Å². The summed E-state index contributed by atoms with van der Waals surface area (Å²) in [7, 11) is 0. The zero-order chi connectivity index (χ0) is 11.4. The van der Waals surface area contributed by atoms with Crippen LogP contribution in [0.5, 0.6) is 0 Å². The molecule has 0 aromatic heterocycles. The number of benzene rings is 1. The molecule has 1 unspecified atom stereocenters. The zero-order valence-corrected chi connectivity index (χ0v) is 8.63. The van der Waals surface area contributed by atoms with Gasteiger partial charge < -0.3 is 5.11 Å². The van der Waals surface area contributed by atoms with Crippen LogP contribution in [0.3, 0.4) is 0 Å². The first kappa shape index (κ1) is 11.9. The first-order valence-electron chi connectivity index (χ1n) is 4.76. The summed E-state index contributed by atoms with van der Waals surface area (Å²) in [5, 5.41) is 9.54. The molecule has 1 N–H and O–H groups in total. The Hall–Kier alpha value is -1.22. The average molecular weight is 212 g/mol. The third kappa shape index (κ3) is 3.44. The van der Waals surface area contributed by atoms with E-state index >= 15 is 0 Å². The van der Waals surface area contributed by atoms with E-state index in [2.05, 4.69) is 6.58 Å². The summed E-state index contributed by atoms with van der Waals surface area (Å²) in [5.74, 6) is -1.76. The standard InChI is InChI=1S/C12H14F2O/c1-8(2)6-10(15)7-9-4-3-5-11(13)12(9)14/h3-5,10,15H,1,6-7H2,2H3. The lowest BCUT2D eigenvalue weighted by Gasteiger charge is -2.11. The van der Waals surface area contributed by atoms with Crippen LogP contribution in [0.2, 0.25) is 0 Å². The fraction of sp³-hybridized carbons (Fsp3) is 0.333. The molecule has 0 spiro atoms. The molecule has 82 valence electrons. The van der Waals surface area contributed by atoms with Gasteiger partial charge in [-0.05, 0) is 25.0 Å². The van der Waals surface area contributed by atoms with E-state index in [4.69, 9.17) is 0 Å². The number of hydrogen-bond acceptors (Lipinski definition) is 1. The molecular weight excluding hydrogens is 198 g/mol. The van der Waals surface area contributed by atoms with Crippen LogP contribution in [0.4, 0.5) is 8.78 Å². The van der Waals surface area contributed by atoms with Crippen molar-refractivity contribution in [2.24, 2.45) is 0 Å². The van der Waals surface area contributed by atoms with Crippen LogP contribution in [-0.2, 0) is 6.42 Å². The van der Waals surface area contributed by atoms with Crippen LogP contribution < -0.4 is 0 Å².